The zero-order chi connectivity index (χ0) is 29.4. The second kappa shape index (κ2) is 10.9. The van der Waals surface area contributed by atoms with Crippen LogP contribution in [0, 0.1) is 18.7 Å². The topological polar surface area (TPSA) is 69.3 Å². The number of aromatic amines is 1. The zero-order valence-corrected chi connectivity index (χ0v) is 21.4. The number of alkyl halides is 6. The van der Waals surface area contributed by atoms with Gasteiger partial charge in [-0.2, -0.15) is 26.3 Å². The Hall–Kier alpha value is -3.90. The van der Waals surface area contributed by atoms with Gasteiger partial charge in [-0.15, -0.1) is 0 Å². The van der Waals surface area contributed by atoms with E-state index in [1.807, 2.05) is 0 Å². The van der Waals surface area contributed by atoms with Crippen LogP contribution < -0.4 is 0 Å². The molecule has 1 aliphatic rings. The van der Waals surface area contributed by atoms with Gasteiger partial charge in [-0.05, 0) is 60.4 Å². The minimum absolute atomic E-state index is 0.0328. The third-order valence-electron chi connectivity index (χ3n) is 7.02. The molecule has 1 fully saturated rings. The molecule has 2 atom stereocenters. The van der Waals surface area contributed by atoms with Gasteiger partial charge in [0.05, 0.1) is 23.7 Å². The number of piperidine rings is 1. The van der Waals surface area contributed by atoms with E-state index in [-0.39, 0.29) is 42.7 Å². The summed E-state index contributed by atoms with van der Waals surface area (Å²) in [5.74, 6) is -2.75. The molecule has 0 saturated carbocycles. The predicted octanol–water partition coefficient (Wildman–Crippen LogP) is 5.80. The second-order valence-electron chi connectivity index (χ2n) is 9.83. The quantitative estimate of drug-likeness (QED) is 0.395. The maximum atomic E-state index is 13.9. The van der Waals surface area contributed by atoms with Crippen molar-refractivity contribution in [1.82, 2.24) is 19.8 Å². The number of aryl methyl sites for hydroxylation is 1. The molecule has 1 aliphatic heterocycles. The normalized spacial score (nSPS) is 18.1. The first-order valence-corrected chi connectivity index (χ1v) is 12.2. The van der Waals surface area contributed by atoms with Crippen molar-refractivity contribution >= 4 is 11.8 Å². The molecule has 1 N–H and O–H groups in total. The predicted molar refractivity (Wildman–Crippen MR) is 129 cm³/mol. The van der Waals surface area contributed by atoms with Gasteiger partial charge in [0.25, 0.3) is 5.91 Å². The van der Waals surface area contributed by atoms with Crippen molar-refractivity contribution in [1.29, 1.82) is 0 Å². The third kappa shape index (κ3) is 6.28. The minimum Gasteiger partial charge on any atom is -0.341 e. The molecule has 13 heteroatoms. The average molecular weight is 571 g/mol. The molecule has 0 spiro atoms. The Morgan fingerprint density at radius 2 is 1.70 bits per heavy atom. The molecule has 6 nitrogen and oxygen atoms in total. The van der Waals surface area contributed by atoms with Gasteiger partial charge >= 0.3 is 12.4 Å². The summed E-state index contributed by atoms with van der Waals surface area (Å²) in [6.07, 6.45) is -7.16. The van der Waals surface area contributed by atoms with Crippen molar-refractivity contribution in [2.45, 2.75) is 38.2 Å². The molecule has 4 rings (SSSR count). The molecule has 0 unspecified atom stereocenters. The van der Waals surface area contributed by atoms with E-state index < -0.39 is 53.6 Å². The Morgan fingerprint density at radius 1 is 1.05 bits per heavy atom. The largest absolute Gasteiger partial charge is 0.416 e. The number of nitrogens with zero attached hydrogens (tertiary/aromatic N) is 3. The fraction of sp³-hybridized carbons (Fsp3) is 0.370. The van der Waals surface area contributed by atoms with E-state index in [4.69, 9.17) is 0 Å². The Balaban J connectivity index is 1.63. The number of hydrogen-bond donors (Lipinski definition) is 1. The van der Waals surface area contributed by atoms with Crippen molar-refractivity contribution in [3.05, 3.63) is 88.3 Å². The maximum absolute atomic E-state index is 13.9. The van der Waals surface area contributed by atoms with E-state index >= 15 is 0 Å². The monoisotopic (exact) mass is 570 g/mol. The highest BCUT2D eigenvalue weighted by Gasteiger charge is 2.40. The lowest BCUT2D eigenvalue weighted by Gasteiger charge is -2.40. The van der Waals surface area contributed by atoms with Crippen LogP contribution in [0.2, 0.25) is 0 Å². The van der Waals surface area contributed by atoms with E-state index in [0.717, 1.165) is 4.90 Å². The molecule has 0 radical (unpaired) electrons. The molecule has 0 bridgehead atoms. The van der Waals surface area contributed by atoms with Crippen LogP contribution in [-0.4, -0.2) is 51.7 Å². The van der Waals surface area contributed by atoms with Crippen LogP contribution in [0.1, 0.15) is 50.6 Å². The third-order valence-corrected chi connectivity index (χ3v) is 7.02. The number of imidazole rings is 1. The average Bonchev–Trinajstić information content (AvgIpc) is 3.41. The summed E-state index contributed by atoms with van der Waals surface area (Å²) in [6.45, 7) is 1.39. The number of halogens is 7. The van der Waals surface area contributed by atoms with E-state index in [2.05, 4.69) is 9.97 Å². The van der Waals surface area contributed by atoms with Crippen LogP contribution in [0.25, 0.3) is 0 Å². The summed E-state index contributed by atoms with van der Waals surface area (Å²) in [5.41, 5.74) is -1.89. The van der Waals surface area contributed by atoms with Crippen molar-refractivity contribution in [2.75, 3.05) is 20.1 Å². The van der Waals surface area contributed by atoms with Gasteiger partial charge in [-0.3, -0.25) is 9.59 Å². The van der Waals surface area contributed by atoms with Gasteiger partial charge < -0.3 is 14.8 Å². The summed E-state index contributed by atoms with van der Waals surface area (Å²) in [6, 6.07) is 5.24. The standard InChI is InChI=1S/C27H25F7N4O2/c1-15-7-19(28)3-4-20(15)22-13-38(25(40)23-11-35-14-36-23)6-5-21(22)24(39)37(2)12-16-8-17(26(29,30)31)10-18(9-16)27(32,33)34/h3-4,7-11,14,21-22H,5-6,12-13H2,1-2H3,(H,35,36)/t21-,22+/m1/s1. The lowest BCUT2D eigenvalue weighted by molar-refractivity contribution is -0.143. The van der Waals surface area contributed by atoms with Gasteiger partial charge in [-0.1, -0.05) is 6.07 Å². The van der Waals surface area contributed by atoms with E-state index in [9.17, 15) is 40.3 Å². The van der Waals surface area contributed by atoms with Gasteiger partial charge in [-0.25, -0.2) is 9.37 Å². The Bertz CT molecular complexity index is 1350. The minimum atomic E-state index is -5.02. The molecule has 214 valence electrons. The number of nitrogens with one attached hydrogen (secondary N) is 1. The number of likely N-dealkylation sites (tertiary alicyclic amines) is 1. The van der Waals surface area contributed by atoms with Crippen LogP contribution in [0.4, 0.5) is 30.7 Å². The van der Waals surface area contributed by atoms with Crippen LogP contribution >= 0.6 is 0 Å². The number of aromatic nitrogens is 2. The van der Waals surface area contributed by atoms with Crippen molar-refractivity contribution in [3.8, 4) is 0 Å². The number of H-pyrrole nitrogens is 1. The van der Waals surface area contributed by atoms with E-state index in [1.165, 1.54) is 42.7 Å². The zero-order valence-electron chi connectivity index (χ0n) is 21.4. The maximum Gasteiger partial charge on any atom is 0.416 e. The number of hydrogen-bond acceptors (Lipinski definition) is 3. The summed E-state index contributed by atoms with van der Waals surface area (Å²) >= 11 is 0. The van der Waals surface area contributed by atoms with E-state index in [0.29, 0.717) is 23.3 Å². The SMILES string of the molecule is Cc1cc(F)ccc1[C@@H]1CN(C(=O)c2cnc[nH]2)CC[C@H]1C(=O)N(C)Cc1cc(C(F)(F)F)cc(C(F)(F)F)c1. The highest BCUT2D eigenvalue weighted by atomic mass is 19.4. The second-order valence-corrected chi connectivity index (χ2v) is 9.83. The first kappa shape index (κ1) is 29.1. The van der Waals surface area contributed by atoms with Crippen molar-refractivity contribution < 1.29 is 40.3 Å². The molecule has 0 aliphatic carbocycles. The molecular formula is C27H25F7N4O2. The molecular weight excluding hydrogens is 545 g/mol. The van der Waals surface area contributed by atoms with Crippen molar-refractivity contribution in [2.24, 2.45) is 5.92 Å². The van der Waals surface area contributed by atoms with Crippen LogP contribution in [-0.2, 0) is 23.7 Å². The molecule has 2 amide bonds. The molecule has 1 aromatic heterocycles. The van der Waals surface area contributed by atoms with Crippen LogP contribution in [0.5, 0.6) is 0 Å². The first-order valence-electron chi connectivity index (χ1n) is 12.2. The number of rotatable bonds is 5. The Labute approximate surface area is 224 Å². The van der Waals surface area contributed by atoms with Gasteiger partial charge in [0.2, 0.25) is 5.91 Å². The Morgan fingerprint density at radius 3 is 2.25 bits per heavy atom. The van der Waals surface area contributed by atoms with Crippen molar-refractivity contribution in [3.63, 3.8) is 0 Å². The summed E-state index contributed by atoms with van der Waals surface area (Å²) in [4.78, 5) is 35.8. The van der Waals surface area contributed by atoms with Crippen LogP contribution in [0.15, 0.2) is 48.9 Å². The first-order chi connectivity index (χ1) is 18.6. The number of amides is 2. The van der Waals surface area contributed by atoms with E-state index in [1.54, 1.807) is 6.92 Å². The highest BCUT2D eigenvalue weighted by Crippen LogP contribution is 2.38. The lowest BCUT2D eigenvalue weighted by atomic mass is 9.78. The lowest BCUT2D eigenvalue weighted by Crippen LogP contribution is -2.48. The summed E-state index contributed by atoms with van der Waals surface area (Å²) in [7, 11) is 1.30. The Kier molecular flexibility index (Phi) is 7.95. The summed E-state index contributed by atoms with van der Waals surface area (Å²) < 4.78 is 93.8. The number of benzene rings is 2. The molecule has 2 aromatic carbocycles. The molecule has 3 aromatic rings. The molecule has 2 heterocycles. The number of carbonyl (C=O) groups is 2. The fourth-order valence-electron chi connectivity index (χ4n) is 5.09. The van der Waals surface area contributed by atoms with Gasteiger partial charge in [0, 0.05) is 38.5 Å². The highest BCUT2D eigenvalue weighted by molar-refractivity contribution is 5.92. The number of carbonyl (C=O) groups excluding carboxylic acids is 2. The molecule has 40 heavy (non-hydrogen) atoms. The van der Waals surface area contributed by atoms with Crippen LogP contribution in [0.3, 0.4) is 0 Å². The smallest absolute Gasteiger partial charge is 0.341 e. The van der Waals surface area contributed by atoms with Gasteiger partial charge in [0.1, 0.15) is 11.5 Å². The van der Waals surface area contributed by atoms with Gasteiger partial charge in [0.15, 0.2) is 0 Å². The fourth-order valence-corrected chi connectivity index (χ4v) is 5.09. The molecule has 1 saturated heterocycles. The summed E-state index contributed by atoms with van der Waals surface area (Å²) in [5, 5.41) is 0.